The number of aromatic nitrogens is 1. The van der Waals surface area contributed by atoms with Gasteiger partial charge in [-0.3, -0.25) is 4.79 Å². The van der Waals surface area contributed by atoms with Crippen LogP contribution in [0.15, 0.2) is 5.38 Å². The van der Waals surface area contributed by atoms with Crippen molar-refractivity contribution in [3.05, 3.63) is 11.1 Å². The Balaban J connectivity index is 1.97. The summed E-state index contributed by atoms with van der Waals surface area (Å²) in [5, 5.41) is 5.48. The molecule has 17 heavy (non-hydrogen) atoms. The van der Waals surface area contributed by atoms with E-state index in [0.29, 0.717) is 11.0 Å². The smallest absolute Gasteiger partial charge is 0.243 e. The first-order valence-electron chi connectivity index (χ1n) is 5.90. The second kappa shape index (κ2) is 4.38. The third-order valence-electron chi connectivity index (χ3n) is 2.96. The zero-order chi connectivity index (χ0) is 12.6. The molecule has 3 N–H and O–H groups in total. The molecule has 1 aromatic heterocycles. The van der Waals surface area contributed by atoms with Crippen LogP contribution in [0.5, 0.6) is 0 Å². The van der Waals surface area contributed by atoms with Gasteiger partial charge in [0.2, 0.25) is 5.91 Å². The van der Waals surface area contributed by atoms with Crippen LogP contribution >= 0.6 is 11.3 Å². The summed E-state index contributed by atoms with van der Waals surface area (Å²) < 4.78 is 0. The fourth-order valence-electron chi connectivity index (χ4n) is 1.49. The zero-order valence-electron chi connectivity index (χ0n) is 10.5. The number of hydrogen-bond acceptors (Lipinski definition) is 4. The molecule has 4 nitrogen and oxygen atoms in total. The summed E-state index contributed by atoms with van der Waals surface area (Å²) in [6, 6.07) is -0.518. The van der Waals surface area contributed by atoms with Crippen LogP contribution in [-0.2, 0) is 4.79 Å². The lowest BCUT2D eigenvalue weighted by Gasteiger charge is -2.25. The van der Waals surface area contributed by atoms with Crippen molar-refractivity contribution < 1.29 is 4.79 Å². The van der Waals surface area contributed by atoms with E-state index in [-0.39, 0.29) is 11.3 Å². The van der Waals surface area contributed by atoms with Gasteiger partial charge in [-0.25, -0.2) is 4.98 Å². The van der Waals surface area contributed by atoms with Crippen LogP contribution in [0.4, 0.5) is 5.13 Å². The van der Waals surface area contributed by atoms with E-state index in [1.54, 1.807) is 0 Å². The Kier molecular flexibility index (Phi) is 3.23. The number of anilines is 1. The van der Waals surface area contributed by atoms with Crippen LogP contribution in [0.3, 0.4) is 0 Å². The van der Waals surface area contributed by atoms with Gasteiger partial charge in [0, 0.05) is 11.3 Å². The number of carbonyl (C=O) groups excluding carboxylic acids is 1. The van der Waals surface area contributed by atoms with Gasteiger partial charge in [-0.1, -0.05) is 20.8 Å². The maximum absolute atomic E-state index is 11.9. The van der Waals surface area contributed by atoms with E-state index < -0.39 is 6.04 Å². The highest BCUT2D eigenvalue weighted by Gasteiger charge is 2.29. The molecule has 5 heteroatoms. The summed E-state index contributed by atoms with van der Waals surface area (Å²) in [5.41, 5.74) is 6.76. The van der Waals surface area contributed by atoms with Gasteiger partial charge >= 0.3 is 0 Å². The SMILES string of the molecule is CC(C)(C)C(N)C(=O)Nc1nc(C2CC2)cs1. The van der Waals surface area contributed by atoms with Crippen LogP contribution in [-0.4, -0.2) is 16.9 Å². The summed E-state index contributed by atoms with van der Waals surface area (Å²) >= 11 is 1.48. The third kappa shape index (κ3) is 3.04. The predicted octanol–water partition coefficient (Wildman–Crippen LogP) is 2.33. The Bertz CT molecular complexity index is 418. The zero-order valence-corrected chi connectivity index (χ0v) is 11.3. The molecule has 1 aliphatic rings. The molecular formula is C12H19N3OS. The standard InChI is InChI=1S/C12H19N3OS/c1-12(2,3)9(13)10(16)15-11-14-8(6-17-11)7-4-5-7/h6-7,9H,4-5,13H2,1-3H3,(H,14,15,16). The van der Waals surface area contributed by atoms with Crippen molar-refractivity contribution in [2.24, 2.45) is 11.1 Å². The highest BCUT2D eigenvalue weighted by Crippen LogP contribution is 2.40. The van der Waals surface area contributed by atoms with E-state index in [4.69, 9.17) is 5.73 Å². The molecule has 1 aliphatic carbocycles. The van der Waals surface area contributed by atoms with Gasteiger partial charge in [0.15, 0.2) is 5.13 Å². The molecule has 1 aromatic rings. The van der Waals surface area contributed by atoms with E-state index in [1.807, 2.05) is 26.2 Å². The summed E-state index contributed by atoms with van der Waals surface area (Å²) in [5.74, 6) is 0.461. The number of nitrogens with zero attached hydrogens (tertiary/aromatic N) is 1. The number of nitrogens with one attached hydrogen (secondary N) is 1. The molecule has 0 aliphatic heterocycles. The van der Waals surface area contributed by atoms with E-state index in [0.717, 1.165) is 5.69 Å². The monoisotopic (exact) mass is 253 g/mol. The van der Waals surface area contributed by atoms with Crippen molar-refractivity contribution in [1.82, 2.24) is 4.98 Å². The van der Waals surface area contributed by atoms with Crippen molar-refractivity contribution in [1.29, 1.82) is 0 Å². The van der Waals surface area contributed by atoms with Gasteiger partial charge in [0.25, 0.3) is 0 Å². The Morgan fingerprint density at radius 1 is 1.59 bits per heavy atom. The number of thiazole rings is 1. The fourth-order valence-corrected chi connectivity index (χ4v) is 2.28. The lowest BCUT2D eigenvalue weighted by atomic mass is 9.87. The van der Waals surface area contributed by atoms with E-state index in [2.05, 4.69) is 10.3 Å². The maximum atomic E-state index is 11.9. The van der Waals surface area contributed by atoms with Crippen LogP contribution < -0.4 is 11.1 Å². The Morgan fingerprint density at radius 2 is 2.24 bits per heavy atom. The van der Waals surface area contributed by atoms with E-state index in [9.17, 15) is 4.79 Å². The molecule has 1 unspecified atom stereocenters. The highest BCUT2D eigenvalue weighted by molar-refractivity contribution is 7.13. The van der Waals surface area contributed by atoms with Crippen LogP contribution in [0, 0.1) is 5.41 Å². The minimum atomic E-state index is -0.518. The number of amides is 1. The summed E-state index contributed by atoms with van der Waals surface area (Å²) in [4.78, 5) is 16.3. The second-order valence-corrected chi connectivity index (χ2v) is 6.54. The molecule has 0 bridgehead atoms. The van der Waals surface area contributed by atoms with Crippen LogP contribution in [0.1, 0.15) is 45.2 Å². The number of nitrogens with two attached hydrogens (primary N) is 1. The first-order valence-corrected chi connectivity index (χ1v) is 6.78. The van der Waals surface area contributed by atoms with Gasteiger partial charge in [-0.2, -0.15) is 0 Å². The first kappa shape index (κ1) is 12.5. The van der Waals surface area contributed by atoms with E-state index in [1.165, 1.54) is 24.2 Å². The van der Waals surface area contributed by atoms with Gasteiger partial charge in [-0.05, 0) is 18.3 Å². The first-order chi connectivity index (χ1) is 7.88. The topological polar surface area (TPSA) is 68.0 Å². The summed E-state index contributed by atoms with van der Waals surface area (Å²) in [7, 11) is 0. The number of carbonyl (C=O) groups is 1. The molecule has 0 aromatic carbocycles. The van der Waals surface area contributed by atoms with E-state index >= 15 is 0 Å². The molecule has 1 amide bonds. The van der Waals surface area contributed by atoms with Crippen molar-refractivity contribution >= 4 is 22.4 Å². The molecule has 0 radical (unpaired) electrons. The lowest BCUT2D eigenvalue weighted by molar-refractivity contribution is -0.119. The fraction of sp³-hybridized carbons (Fsp3) is 0.667. The van der Waals surface area contributed by atoms with Crippen molar-refractivity contribution in [3.63, 3.8) is 0 Å². The molecule has 94 valence electrons. The molecule has 0 spiro atoms. The van der Waals surface area contributed by atoms with Crippen molar-refractivity contribution in [2.75, 3.05) is 5.32 Å². The van der Waals surface area contributed by atoms with Gasteiger partial charge in [0.1, 0.15) is 0 Å². The average molecular weight is 253 g/mol. The number of hydrogen-bond donors (Lipinski definition) is 2. The molecule has 1 heterocycles. The summed E-state index contributed by atoms with van der Waals surface area (Å²) in [6.07, 6.45) is 2.44. The predicted molar refractivity (Wildman–Crippen MR) is 70.1 cm³/mol. The Hall–Kier alpha value is -0.940. The van der Waals surface area contributed by atoms with Crippen molar-refractivity contribution in [3.8, 4) is 0 Å². The molecule has 1 fully saturated rings. The van der Waals surface area contributed by atoms with Crippen LogP contribution in [0.2, 0.25) is 0 Å². The summed E-state index contributed by atoms with van der Waals surface area (Å²) in [6.45, 7) is 5.86. The van der Waals surface area contributed by atoms with Gasteiger partial charge < -0.3 is 11.1 Å². The maximum Gasteiger partial charge on any atom is 0.243 e. The third-order valence-corrected chi connectivity index (χ3v) is 3.74. The van der Waals surface area contributed by atoms with Gasteiger partial charge in [-0.15, -0.1) is 11.3 Å². The Labute approximate surface area is 106 Å². The lowest BCUT2D eigenvalue weighted by Crippen LogP contribution is -2.45. The molecule has 2 rings (SSSR count). The quantitative estimate of drug-likeness (QED) is 0.868. The number of rotatable bonds is 3. The Morgan fingerprint density at radius 3 is 2.76 bits per heavy atom. The molecule has 1 atom stereocenters. The minimum Gasteiger partial charge on any atom is -0.319 e. The largest absolute Gasteiger partial charge is 0.319 e. The van der Waals surface area contributed by atoms with Crippen LogP contribution in [0.25, 0.3) is 0 Å². The normalized spacial score (nSPS) is 17.9. The van der Waals surface area contributed by atoms with Crippen molar-refractivity contribution in [2.45, 2.75) is 45.6 Å². The molecular weight excluding hydrogens is 234 g/mol. The average Bonchev–Trinajstić information content (AvgIpc) is 2.98. The minimum absolute atomic E-state index is 0.158. The molecule has 1 saturated carbocycles. The molecule has 0 saturated heterocycles. The van der Waals surface area contributed by atoms with Gasteiger partial charge in [0.05, 0.1) is 11.7 Å². The second-order valence-electron chi connectivity index (χ2n) is 5.68. The highest BCUT2D eigenvalue weighted by atomic mass is 32.1.